The number of aliphatic hydroxyl groups excluding tert-OH is 1. The third-order valence-electron chi connectivity index (χ3n) is 5.85. The van der Waals surface area contributed by atoms with Crippen LogP contribution in [0.25, 0.3) is 0 Å². The van der Waals surface area contributed by atoms with Crippen LogP contribution in [0.4, 0.5) is 5.69 Å². The lowest BCUT2D eigenvalue weighted by Gasteiger charge is -2.35. The zero-order chi connectivity index (χ0) is 21.5. The van der Waals surface area contributed by atoms with Crippen molar-refractivity contribution in [1.29, 1.82) is 0 Å². The number of quaternary nitrogens is 1. The Morgan fingerprint density at radius 1 is 0.839 bits per heavy atom. The van der Waals surface area contributed by atoms with Gasteiger partial charge in [-0.1, -0.05) is 84.4 Å². The molecule has 0 amide bonds. The normalized spacial score (nSPS) is 15.9. The Labute approximate surface area is 189 Å². The second kappa shape index (κ2) is 10.8. The van der Waals surface area contributed by atoms with E-state index in [-0.39, 0.29) is 6.10 Å². The van der Waals surface area contributed by atoms with Gasteiger partial charge >= 0.3 is 0 Å². The second-order valence-electron chi connectivity index (χ2n) is 8.08. The molecule has 0 aliphatic carbocycles. The molecule has 0 spiro atoms. The predicted octanol–water partition coefficient (Wildman–Crippen LogP) is 3.21. The molecule has 0 saturated carbocycles. The van der Waals surface area contributed by atoms with E-state index in [1.165, 1.54) is 4.90 Å². The SMILES string of the molecule is O[C@@H](COC(c1ccccc1)c1ccccc1)C[NH+]1CCN(c2ccccc2Cl)CC1. The number of ether oxygens (including phenoxy) is 1. The molecule has 0 radical (unpaired) electrons. The summed E-state index contributed by atoms with van der Waals surface area (Å²) in [6.45, 7) is 4.82. The van der Waals surface area contributed by atoms with Crippen LogP contribution in [-0.2, 0) is 4.74 Å². The van der Waals surface area contributed by atoms with Crippen molar-refractivity contribution < 1.29 is 14.7 Å². The highest BCUT2D eigenvalue weighted by Crippen LogP contribution is 2.26. The maximum Gasteiger partial charge on any atom is 0.126 e. The van der Waals surface area contributed by atoms with Gasteiger partial charge in [0.2, 0.25) is 0 Å². The summed E-state index contributed by atoms with van der Waals surface area (Å²) in [6, 6.07) is 28.4. The largest absolute Gasteiger partial charge is 0.385 e. The van der Waals surface area contributed by atoms with Crippen molar-refractivity contribution in [1.82, 2.24) is 0 Å². The number of halogens is 1. The molecule has 1 heterocycles. The highest BCUT2D eigenvalue weighted by atomic mass is 35.5. The molecule has 1 aliphatic rings. The average Bonchev–Trinajstić information content (AvgIpc) is 2.82. The van der Waals surface area contributed by atoms with Gasteiger partial charge in [0, 0.05) is 0 Å². The van der Waals surface area contributed by atoms with E-state index in [2.05, 4.69) is 35.2 Å². The fourth-order valence-electron chi connectivity index (χ4n) is 4.22. The first kappa shape index (κ1) is 21.8. The van der Waals surface area contributed by atoms with Crippen LogP contribution in [-0.4, -0.2) is 50.5 Å². The van der Waals surface area contributed by atoms with Gasteiger partial charge < -0.3 is 19.6 Å². The number of anilines is 1. The molecule has 1 aliphatic heterocycles. The molecule has 2 N–H and O–H groups in total. The van der Waals surface area contributed by atoms with Gasteiger partial charge in [0.25, 0.3) is 0 Å². The van der Waals surface area contributed by atoms with Crippen molar-refractivity contribution in [3.05, 3.63) is 101 Å². The van der Waals surface area contributed by atoms with Crippen molar-refractivity contribution in [3.8, 4) is 0 Å². The molecular weight excluding hydrogens is 408 g/mol. The Morgan fingerprint density at radius 2 is 1.39 bits per heavy atom. The number of nitrogens with zero attached hydrogens (tertiary/aromatic N) is 1. The summed E-state index contributed by atoms with van der Waals surface area (Å²) in [5, 5.41) is 11.5. The van der Waals surface area contributed by atoms with E-state index in [9.17, 15) is 5.11 Å². The van der Waals surface area contributed by atoms with E-state index in [4.69, 9.17) is 16.3 Å². The Kier molecular flexibility index (Phi) is 7.60. The molecule has 3 aromatic rings. The summed E-state index contributed by atoms with van der Waals surface area (Å²) in [5.41, 5.74) is 3.30. The number of para-hydroxylation sites is 1. The number of piperazine rings is 1. The van der Waals surface area contributed by atoms with Crippen molar-refractivity contribution >= 4 is 17.3 Å². The number of hydrogen-bond acceptors (Lipinski definition) is 3. The van der Waals surface area contributed by atoms with Gasteiger partial charge in [-0.3, -0.25) is 0 Å². The smallest absolute Gasteiger partial charge is 0.126 e. The minimum atomic E-state index is -0.503. The Morgan fingerprint density at radius 3 is 1.97 bits per heavy atom. The number of nitrogens with one attached hydrogen (secondary N) is 1. The van der Waals surface area contributed by atoms with Crippen LogP contribution in [0.1, 0.15) is 17.2 Å². The third kappa shape index (κ3) is 5.86. The first-order valence-electron chi connectivity index (χ1n) is 10.9. The Bertz CT molecular complexity index is 891. The van der Waals surface area contributed by atoms with Gasteiger partial charge in [-0.2, -0.15) is 0 Å². The molecule has 0 unspecified atom stereocenters. The maximum atomic E-state index is 10.7. The van der Waals surface area contributed by atoms with Crippen LogP contribution in [0.2, 0.25) is 5.02 Å². The highest BCUT2D eigenvalue weighted by Gasteiger charge is 2.24. The summed E-state index contributed by atoms with van der Waals surface area (Å²) >= 11 is 6.35. The van der Waals surface area contributed by atoms with Crippen LogP contribution in [0.3, 0.4) is 0 Å². The molecule has 162 valence electrons. The minimum absolute atomic E-state index is 0.177. The van der Waals surface area contributed by atoms with E-state index in [0.29, 0.717) is 13.2 Å². The first-order valence-corrected chi connectivity index (χ1v) is 11.3. The van der Waals surface area contributed by atoms with Crippen molar-refractivity contribution in [2.75, 3.05) is 44.2 Å². The highest BCUT2D eigenvalue weighted by molar-refractivity contribution is 6.33. The van der Waals surface area contributed by atoms with Gasteiger partial charge in [0.05, 0.1) is 43.5 Å². The molecule has 0 aromatic heterocycles. The molecule has 3 aromatic carbocycles. The fourth-order valence-corrected chi connectivity index (χ4v) is 4.47. The van der Waals surface area contributed by atoms with Crippen molar-refractivity contribution in [2.45, 2.75) is 12.2 Å². The molecule has 1 fully saturated rings. The quantitative estimate of drug-likeness (QED) is 0.568. The lowest BCUT2D eigenvalue weighted by molar-refractivity contribution is -0.903. The van der Waals surface area contributed by atoms with Gasteiger partial charge in [-0.25, -0.2) is 0 Å². The summed E-state index contributed by atoms with van der Waals surface area (Å²) in [7, 11) is 0. The molecule has 1 atom stereocenters. The van der Waals surface area contributed by atoms with Gasteiger partial charge in [-0.15, -0.1) is 0 Å². The van der Waals surface area contributed by atoms with Crippen LogP contribution < -0.4 is 9.80 Å². The third-order valence-corrected chi connectivity index (χ3v) is 6.17. The van der Waals surface area contributed by atoms with Crippen LogP contribution in [0.5, 0.6) is 0 Å². The molecular formula is C26H30ClN2O2+. The monoisotopic (exact) mass is 437 g/mol. The molecule has 5 heteroatoms. The number of hydrogen-bond donors (Lipinski definition) is 2. The lowest BCUT2D eigenvalue weighted by Crippen LogP contribution is -3.16. The molecule has 4 nitrogen and oxygen atoms in total. The van der Waals surface area contributed by atoms with E-state index in [1.807, 2.05) is 54.6 Å². The average molecular weight is 438 g/mol. The zero-order valence-electron chi connectivity index (χ0n) is 17.7. The maximum absolute atomic E-state index is 10.7. The van der Waals surface area contributed by atoms with E-state index < -0.39 is 6.10 Å². The topological polar surface area (TPSA) is 37.1 Å². The Hall–Kier alpha value is -2.37. The summed E-state index contributed by atoms with van der Waals surface area (Å²) in [5.74, 6) is 0. The van der Waals surface area contributed by atoms with Gasteiger partial charge in [-0.05, 0) is 23.3 Å². The van der Waals surface area contributed by atoms with Crippen LogP contribution >= 0.6 is 11.6 Å². The lowest BCUT2D eigenvalue weighted by atomic mass is 10.0. The van der Waals surface area contributed by atoms with Crippen LogP contribution in [0, 0.1) is 0 Å². The molecule has 31 heavy (non-hydrogen) atoms. The standard InChI is InChI=1S/C26H29ClN2O2/c27-24-13-7-8-14-25(24)29-17-15-28(16-18-29)19-23(30)20-31-26(21-9-3-1-4-10-21)22-11-5-2-6-12-22/h1-14,23,26,30H,15-20H2/p+1/t23-/m1/s1. The number of aliphatic hydroxyl groups is 1. The zero-order valence-corrected chi connectivity index (χ0v) is 18.4. The van der Waals surface area contributed by atoms with Crippen molar-refractivity contribution in [3.63, 3.8) is 0 Å². The summed E-state index contributed by atoms with van der Waals surface area (Å²) < 4.78 is 6.23. The first-order chi connectivity index (χ1) is 15.2. The van der Waals surface area contributed by atoms with Crippen LogP contribution in [0.15, 0.2) is 84.9 Å². The Balaban J connectivity index is 1.30. The predicted molar refractivity (Wildman–Crippen MR) is 126 cm³/mol. The van der Waals surface area contributed by atoms with E-state index >= 15 is 0 Å². The van der Waals surface area contributed by atoms with E-state index in [1.54, 1.807) is 0 Å². The summed E-state index contributed by atoms with van der Waals surface area (Å²) in [6.07, 6.45) is -0.680. The second-order valence-corrected chi connectivity index (χ2v) is 8.49. The van der Waals surface area contributed by atoms with Gasteiger partial charge in [0.15, 0.2) is 0 Å². The number of benzene rings is 3. The minimum Gasteiger partial charge on any atom is -0.385 e. The fraction of sp³-hybridized carbons (Fsp3) is 0.308. The molecule has 1 saturated heterocycles. The number of rotatable bonds is 8. The van der Waals surface area contributed by atoms with Gasteiger partial charge in [0.1, 0.15) is 18.8 Å². The van der Waals surface area contributed by atoms with E-state index in [0.717, 1.165) is 48.0 Å². The molecule has 4 rings (SSSR count). The summed E-state index contributed by atoms with van der Waals surface area (Å²) in [4.78, 5) is 3.73. The molecule has 0 bridgehead atoms. The van der Waals surface area contributed by atoms with Crippen molar-refractivity contribution in [2.24, 2.45) is 0 Å².